The number of hydrogen-bond donors (Lipinski definition) is 3. The summed E-state index contributed by atoms with van der Waals surface area (Å²) in [6.45, 7) is 0. The van der Waals surface area contributed by atoms with Crippen LogP contribution in [0.2, 0.25) is 0 Å². The van der Waals surface area contributed by atoms with Crippen molar-refractivity contribution in [1.29, 1.82) is 0 Å². The smallest absolute Gasteiger partial charge is 0.414 e. The minimum atomic E-state index is -1.82. The van der Waals surface area contributed by atoms with Crippen LogP contribution in [-0.2, 0) is 9.59 Å². The van der Waals surface area contributed by atoms with Crippen LogP contribution < -0.4 is 5.73 Å². The lowest BCUT2D eigenvalue weighted by atomic mass is 10.1. The summed E-state index contributed by atoms with van der Waals surface area (Å²) in [5.41, 5.74) is 9.77. The van der Waals surface area contributed by atoms with Gasteiger partial charge in [-0.25, -0.2) is 14.6 Å². The van der Waals surface area contributed by atoms with Gasteiger partial charge in [0.2, 0.25) is 0 Å². The summed E-state index contributed by atoms with van der Waals surface area (Å²) in [6.07, 6.45) is 0. The standard InChI is InChI=1S/C15H12N2.C2H2O4/c16-13-10-15(11-6-2-1-3-7-11)17-14-9-5-4-8-12(13)14;3-1(4)2(5)6/h1-10H,(H2,16,17);(H,3,4)(H,5,6). The van der Waals surface area contributed by atoms with Gasteiger partial charge in [0.05, 0.1) is 11.2 Å². The van der Waals surface area contributed by atoms with Crippen molar-refractivity contribution in [2.75, 3.05) is 5.73 Å². The molecule has 0 unspecified atom stereocenters. The second-order valence-electron chi connectivity index (χ2n) is 4.59. The number of hydrogen-bond acceptors (Lipinski definition) is 4. The first kappa shape index (κ1) is 16.0. The number of para-hydroxylation sites is 1. The molecule has 6 heteroatoms. The van der Waals surface area contributed by atoms with Gasteiger partial charge in [0, 0.05) is 16.6 Å². The van der Waals surface area contributed by atoms with E-state index in [-0.39, 0.29) is 0 Å². The van der Waals surface area contributed by atoms with Gasteiger partial charge in [-0.1, -0.05) is 48.5 Å². The number of carboxylic acid groups (broad SMARTS) is 2. The van der Waals surface area contributed by atoms with Gasteiger partial charge < -0.3 is 15.9 Å². The molecule has 3 aromatic rings. The number of benzene rings is 2. The Morgan fingerprint density at radius 2 is 1.43 bits per heavy atom. The van der Waals surface area contributed by atoms with E-state index in [4.69, 9.17) is 25.5 Å². The number of rotatable bonds is 1. The molecule has 0 saturated carbocycles. The molecule has 1 heterocycles. The van der Waals surface area contributed by atoms with E-state index in [1.807, 2.05) is 60.7 Å². The van der Waals surface area contributed by atoms with Crippen LogP contribution in [0.4, 0.5) is 5.69 Å². The summed E-state index contributed by atoms with van der Waals surface area (Å²) in [6, 6.07) is 19.9. The molecule has 0 spiro atoms. The van der Waals surface area contributed by atoms with Crippen LogP contribution in [0.5, 0.6) is 0 Å². The quantitative estimate of drug-likeness (QED) is 0.595. The fraction of sp³-hybridized carbons (Fsp3) is 0. The zero-order valence-electron chi connectivity index (χ0n) is 12.0. The molecule has 0 aliphatic carbocycles. The molecule has 0 fully saturated rings. The van der Waals surface area contributed by atoms with Gasteiger partial charge in [-0.05, 0) is 12.1 Å². The third kappa shape index (κ3) is 4.04. The molecule has 0 radical (unpaired) electrons. The van der Waals surface area contributed by atoms with Gasteiger partial charge >= 0.3 is 11.9 Å². The number of aliphatic carboxylic acids is 2. The Hall–Kier alpha value is -3.41. The van der Waals surface area contributed by atoms with Crippen molar-refractivity contribution < 1.29 is 19.8 Å². The Kier molecular flexibility index (Phi) is 4.89. The minimum Gasteiger partial charge on any atom is -0.473 e. The summed E-state index contributed by atoms with van der Waals surface area (Å²) >= 11 is 0. The number of aromatic nitrogens is 1. The average Bonchev–Trinajstić information content (AvgIpc) is 2.56. The minimum absolute atomic E-state index is 0.773. The van der Waals surface area contributed by atoms with Crippen molar-refractivity contribution in [3.05, 3.63) is 60.7 Å². The Balaban J connectivity index is 0.000000277. The van der Waals surface area contributed by atoms with Gasteiger partial charge in [-0.15, -0.1) is 0 Å². The predicted octanol–water partition coefficient (Wildman–Crippen LogP) is 2.64. The van der Waals surface area contributed by atoms with E-state index in [2.05, 4.69) is 4.98 Å². The molecule has 0 aliphatic heterocycles. The van der Waals surface area contributed by atoms with Gasteiger partial charge in [0.15, 0.2) is 0 Å². The van der Waals surface area contributed by atoms with Crippen molar-refractivity contribution in [3.63, 3.8) is 0 Å². The molecule has 3 rings (SSSR count). The second kappa shape index (κ2) is 7.04. The molecule has 0 atom stereocenters. The molecule has 0 amide bonds. The summed E-state index contributed by atoms with van der Waals surface area (Å²) < 4.78 is 0. The van der Waals surface area contributed by atoms with Gasteiger partial charge in [-0.2, -0.15) is 0 Å². The second-order valence-corrected chi connectivity index (χ2v) is 4.59. The maximum atomic E-state index is 9.10. The van der Waals surface area contributed by atoms with Gasteiger partial charge in [-0.3, -0.25) is 0 Å². The number of carbonyl (C=O) groups is 2. The maximum absolute atomic E-state index is 9.10. The van der Waals surface area contributed by atoms with Crippen LogP contribution in [-0.4, -0.2) is 27.1 Å². The highest BCUT2D eigenvalue weighted by molar-refractivity contribution is 6.27. The van der Waals surface area contributed by atoms with Crippen molar-refractivity contribution in [2.24, 2.45) is 0 Å². The summed E-state index contributed by atoms with van der Waals surface area (Å²) in [7, 11) is 0. The molecule has 4 N–H and O–H groups in total. The Morgan fingerprint density at radius 3 is 2.04 bits per heavy atom. The Bertz CT molecular complexity index is 836. The zero-order chi connectivity index (χ0) is 16.8. The number of carboxylic acids is 2. The van der Waals surface area contributed by atoms with Gasteiger partial charge in [0.25, 0.3) is 0 Å². The van der Waals surface area contributed by atoms with Crippen molar-refractivity contribution in [1.82, 2.24) is 4.98 Å². The van der Waals surface area contributed by atoms with E-state index in [9.17, 15) is 0 Å². The maximum Gasteiger partial charge on any atom is 0.414 e. The van der Waals surface area contributed by atoms with E-state index in [1.54, 1.807) is 0 Å². The number of nitrogens with two attached hydrogens (primary N) is 1. The molecular weight excluding hydrogens is 296 g/mol. The highest BCUT2D eigenvalue weighted by atomic mass is 16.4. The van der Waals surface area contributed by atoms with Gasteiger partial charge in [0.1, 0.15) is 0 Å². The summed E-state index contributed by atoms with van der Waals surface area (Å²) in [5, 5.41) is 15.8. The van der Waals surface area contributed by atoms with Crippen molar-refractivity contribution in [3.8, 4) is 11.3 Å². The fourth-order valence-electron chi connectivity index (χ4n) is 1.96. The lowest BCUT2D eigenvalue weighted by Gasteiger charge is -2.06. The van der Waals surface area contributed by atoms with Crippen LogP contribution >= 0.6 is 0 Å². The van der Waals surface area contributed by atoms with Crippen LogP contribution in [0.25, 0.3) is 22.2 Å². The van der Waals surface area contributed by atoms with Crippen LogP contribution in [0.1, 0.15) is 0 Å². The number of nitrogens with zero attached hydrogens (tertiary/aromatic N) is 1. The first-order chi connectivity index (χ1) is 11.0. The molecule has 0 saturated heterocycles. The van der Waals surface area contributed by atoms with E-state index in [0.29, 0.717) is 0 Å². The third-order valence-electron chi connectivity index (χ3n) is 3.00. The lowest BCUT2D eigenvalue weighted by Crippen LogP contribution is -2.09. The molecule has 1 aromatic heterocycles. The van der Waals surface area contributed by atoms with Crippen molar-refractivity contribution in [2.45, 2.75) is 0 Å². The van der Waals surface area contributed by atoms with E-state index < -0.39 is 11.9 Å². The topological polar surface area (TPSA) is 114 Å². The van der Waals surface area contributed by atoms with Crippen LogP contribution in [0.15, 0.2) is 60.7 Å². The highest BCUT2D eigenvalue weighted by Crippen LogP contribution is 2.25. The molecule has 0 aliphatic rings. The van der Waals surface area contributed by atoms with E-state index >= 15 is 0 Å². The van der Waals surface area contributed by atoms with E-state index in [1.165, 1.54) is 0 Å². The van der Waals surface area contributed by atoms with Crippen molar-refractivity contribution >= 4 is 28.5 Å². The number of fused-ring (bicyclic) bond motifs is 1. The Morgan fingerprint density at radius 1 is 0.870 bits per heavy atom. The summed E-state index contributed by atoms with van der Waals surface area (Å²) in [4.78, 5) is 22.8. The molecule has 116 valence electrons. The number of pyridine rings is 1. The number of nitrogen functional groups attached to an aromatic ring is 1. The molecular formula is C17H14N2O4. The number of anilines is 1. The van der Waals surface area contributed by atoms with Crippen LogP contribution in [0, 0.1) is 0 Å². The highest BCUT2D eigenvalue weighted by Gasteiger charge is 2.04. The first-order valence-electron chi connectivity index (χ1n) is 6.66. The average molecular weight is 310 g/mol. The Labute approximate surface area is 131 Å². The molecule has 23 heavy (non-hydrogen) atoms. The first-order valence-corrected chi connectivity index (χ1v) is 6.66. The lowest BCUT2D eigenvalue weighted by molar-refractivity contribution is -0.159. The fourth-order valence-corrected chi connectivity index (χ4v) is 1.96. The predicted molar refractivity (Wildman–Crippen MR) is 86.9 cm³/mol. The van der Waals surface area contributed by atoms with E-state index in [0.717, 1.165) is 27.8 Å². The third-order valence-corrected chi connectivity index (χ3v) is 3.00. The largest absolute Gasteiger partial charge is 0.473 e. The SMILES string of the molecule is Nc1cc(-c2ccccc2)nc2ccccc12.O=C(O)C(=O)O. The monoisotopic (exact) mass is 310 g/mol. The van der Waals surface area contributed by atoms with Crippen LogP contribution in [0.3, 0.4) is 0 Å². The molecule has 2 aromatic carbocycles. The molecule has 6 nitrogen and oxygen atoms in total. The normalized spacial score (nSPS) is 9.74. The zero-order valence-corrected chi connectivity index (χ0v) is 12.0. The molecule has 0 bridgehead atoms. The summed E-state index contributed by atoms with van der Waals surface area (Å²) in [5.74, 6) is -3.65.